The van der Waals surface area contributed by atoms with E-state index in [0.717, 1.165) is 0 Å². The summed E-state index contributed by atoms with van der Waals surface area (Å²) >= 11 is 0. The fraction of sp³-hybridized carbons (Fsp3) is 0.154. The number of hydrogen-bond acceptors (Lipinski definition) is 4. The third-order valence-electron chi connectivity index (χ3n) is 2.18. The van der Waals surface area contributed by atoms with E-state index in [2.05, 4.69) is 15.3 Å². The highest BCUT2D eigenvalue weighted by atomic mass is 16.5. The van der Waals surface area contributed by atoms with Gasteiger partial charge in [-0.15, -0.1) is 0 Å². The number of anilines is 1. The molecule has 0 aliphatic heterocycles. The van der Waals surface area contributed by atoms with Crippen molar-refractivity contribution in [3.05, 3.63) is 42.7 Å². The van der Waals surface area contributed by atoms with Crippen LogP contribution in [0.2, 0.25) is 0 Å². The topological polar surface area (TPSA) is 64.1 Å². The average molecular weight is 243 g/mol. The van der Waals surface area contributed by atoms with Crippen molar-refractivity contribution in [2.24, 2.45) is 0 Å². The third kappa shape index (κ3) is 3.28. The molecular weight excluding hydrogens is 230 g/mol. The van der Waals surface area contributed by atoms with Crippen molar-refractivity contribution in [2.45, 2.75) is 13.3 Å². The van der Waals surface area contributed by atoms with Gasteiger partial charge < -0.3 is 10.1 Å². The van der Waals surface area contributed by atoms with Crippen molar-refractivity contribution in [3.8, 4) is 11.6 Å². The molecule has 0 unspecified atom stereocenters. The predicted molar refractivity (Wildman–Crippen MR) is 67.5 cm³/mol. The molecule has 0 spiro atoms. The van der Waals surface area contributed by atoms with Gasteiger partial charge in [0.15, 0.2) is 5.82 Å². The Hall–Kier alpha value is -2.43. The Labute approximate surface area is 105 Å². The van der Waals surface area contributed by atoms with E-state index in [1.165, 1.54) is 12.4 Å². The first-order valence-corrected chi connectivity index (χ1v) is 5.62. The Morgan fingerprint density at radius 2 is 2.00 bits per heavy atom. The smallest absolute Gasteiger partial charge is 0.237 e. The maximum atomic E-state index is 11.1. The number of rotatable bonds is 4. The quantitative estimate of drug-likeness (QED) is 0.896. The van der Waals surface area contributed by atoms with E-state index < -0.39 is 0 Å². The first kappa shape index (κ1) is 12.0. The van der Waals surface area contributed by atoms with Crippen molar-refractivity contribution in [1.82, 2.24) is 9.97 Å². The van der Waals surface area contributed by atoms with Gasteiger partial charge >= 0.3 is 0 Å². The average Bonchev–Trinajstić information content (AvgIpc) is 2.42. The molecule has 1 aromatic heterocycles. The van der Waals surface area contributed by atoms with Crippen LogP contribution in [0.15, 0.2) is 42.7 Å². The van der Waals surface area contributed by atoms with Gasteiger partial charge in [0.05, 0.1) is 12.4 Å². The lowest BCUT2D eigenvalue weighted by Crippen LogP contribution is -2.10. The molecule has 18 heavy (non-hydrogen) atoms. The molecule has 0 bridgehead atoms. The van der Waals surface area contributed by atoms with E-state index in [-0.39, 0.29) is 5.91 Å². The molecule has 1 aromatic carbocycles. The van der Waals surface area contributed by atoms with Crippen molar-refractivity contribution in [1.29, 1.82) is 0 Å². The number of nitrogens with zero attached hydrogens (tertiary/aromatic N) is 2. The molecule has 0 aliphatic carbocycles. The van der Waals surface area contributed by atoms with Crippen LogP contribution in [0.4, 0.5) is 5.82 Å². The van der Waals surface area contributed by atoms with Crippen LogP contribution >= 0.6 is 0 Å². The lowest BCUT2D eigenvalue weighted by Gasteiger charge is -2.05. The maximum Gasteiger partial charge on any atom is 0.237 e. The van der Waals surface area contributed by atoms with Crippen molar-refractivity contribution >= 4 is 11.7 Å². The highest BCUT2D eigenvalue weighted by Crippen LogP contribution is 2.18. The maximum absolute atomic E-state index is 11.1. The Bertz CT molecular complexity index is 512. The van der Waals surface area contributed by atoms with Crippen molar-refractivity contribution in [3.63, 3.8) is 0 Å². The highest BCUT2D eigenvalue weighted by Gasteiger charge is 2.02. The molecule has 5 nitrogen and oxygen atoms in total. The zero-order valence-corrected chi connectivity index (χ0v) is 9.96. The monoisotopic (exact) mass is 243 g/mol. The minimum Gasteiger partial charge on any atom is -0.438 e. The summed E-state index contributed by atoms with van der Waals surface area (Å²) in [6.45, 7) is 1.77. The van der Waals surface area contributed by atoms with Gasteiger partial charge in [0.25, 0.3) is 0 Å². The summed E-state index contributed by atoms with van der Waals surface area (Å²) in [4.78, 5) is 19.3. The van der Waals surface area contributed by atoms with Gasteiger partial charge in [0.1, 0.15) is 5.75 Å². The summed E-state index contributed by atoms with van der Waals surface area (Å²) in [5.74, 6) is 1.40. The molecule has 0 radical (unpaired) electrons. The predicted octanol–water partition coefficient (Wildman–Crippen LogP) is 2.62. The number of ether oxygens (including phenoxy) is 1. The summed E-state index contributed by atoms with van der Waals surface area (Å²) in [6.07, 6.45) is 3.34. The number of aromatic nitrogens is 2. The molecule has 0 atom stereocenters. The summed E-state index contributed by atoms with van der Waals surface area (Å²) in [5, 5.41) is 2.61. The van der Waals surface area contributed by atoms with Gasteiger partial charge in [0, 0.05) is 6.42 Å². The Kier molecular flexibility index (Phi) is 3.86. The number of hydrogen-bond donors (Lipinski definition) is 1. The van der Waals surface area contributed by atoms with Gasteiger partial charge in [-0.25, -0.2) is 9.97 Å². The largest absolute Gasteiger partial charge is 0.438 e. The normalized spacial score (nSPS) is 9.83. The number of benzene rings is 1. The fourth-order valence-corrected chi connectivity index (χ4v) is 1.27. The molecule has 1 amide bonds. The lowest BCUT2D eigenvalue weighted by molar-refractivity contribution is -0.115. The lowest BCUT2D eigenvalue weighted by atomic mass is 10.3. The van der Waals surface area contributed by atoms with Gasteiger partial charge in [-0.3, -0.25) is 4.79 Å². The molecule has 92 valence electrons. The second kappa shape index (κ2) is 5.77. The minimum atomic E-state index is -0.0963. The van der Waals surface area contributed by atoms with Crippen LogP contribution in [-0.4, -0.2) is 15.9 Å². The van der Waals surface area contributed by atoms with Gasteiger partial charge in [-0.2, -0.15) is 0 Å². The molecule has 0 fully saturated rings. The van der Waals surface area contributed by atoms with Crippen LogP contribution in [-0.2, 0) is 4.79 Å². The molecule has 1 heterocycles. The first-order valence-electron chi connectivity index (χ1n) is 5.62. The SMILES string of the molecule is CCC(=O)Nc1cnc(Oc2ccccc2)cn1. The molecule has 5 heteroatoms. The second-order valence-corrected chi connectivity index (χ2v) is 3.56. The Balaban J connectivity index is 2.02. The molecule has 2 aromatic rings. The second-order valence-electron chi connectivity index (χ2n) is 3.56. The third-order valence-corrected chi connectivity index (χ3v) is 2.18. The van der Waals surface area contributed by atoms with Gasteiger partial charge in [-0.1, -0.05) is 25.1 Å². The summed E-state index contributed by atoms with van der Waals surface area (Å²) in [6, 6.07) is 9.31. The minimum absolute atomic E-state index is 0.0963. The van der Waals surface area contributed by atoms with Crippen molar-refractivity contribution in [2.75, 3.05) is 5.32 Å². The molecule has 0 saturated carbocycles. The summed E-state index contributed by atoms with van der Waals surface area (Å²) < 4.78 is 5.48. The van der Waals surface area contributed by atoms with Crippen molar-refractivity contribution < 1.29 is 9.53 Å². The van der Waals surface area contributed by atoms with Crippen LogP contribution in [0, 0.1) is 0 Å². The van der Waals surface area contributed by atoms with E-state index in [1.54, 1.807) is 6.92 Å². The standard InChI is InChI=1S/C13H13N3O2/c1-2-12(17)16-11-8-15-13(9-14-11)18-10-6-4-3-5-7-10/h3-9H,2H2,1H3,(H,14,16,17). The van der Waals surface area contributed by atoms with Crippen LogP contribution in [0.25, 0.3) is 0 Å². The number of carbonyl (C=O) groups is 1. The zero-order valence-electron chi connectivity index (χ0n) is 9.96. The molecular formula is C13H13N3O2. The van der Waals surface area contributed by atoms with E-state index in [1.807, 2.05) is 30.3 Å². The van der Waals surface area contributed by atoms with E-state index in [4.69, 9.17) is 4.74 Å². The van der Waals surface area contributed by atoms with E-state index in [0.29, 0.717) is 23.9 Å². The van der Waals surface area contributed by atoms with Gasteiger partial charge in [-0.05, 0) is 12.1 Å². The molecule has 0 saturated heterocycles. The number of para-hydroxylation sites is 1. The summed E-state index contributed by atoms with van der Waals surface area (Å²) in [5.41, 5.74) is 0. The first-order chi connectivity index (χ1) is 8.78. The molecule has 0 aliphatic rings. The number of nitrogens with one attached hydrogen (secondary N) is 1. The highest BCUT2D eigenvalue weighted by molar-refractivity contribution is 5.89. The van der Waals surface area contributed by atoms with Crippen LogP contribution in [0.5, 0.6) is 11.6 Å². The zero-order chi connectivity index (χ0) is 12.8. The van der Waals surface area contributed by atoms with Crippen LogP contribution in [0.1, 0.15) is 13.3 Å². The number of amides is 1. The summed E-state index contributed by atoms with van der Waals surface area (Å²) in [7, 11) is 0. The molecule has 1 N–H and O–H groups in total. The van der Waals surface area contributed by atoms with Crippen LogP contribution in [0.3, 0.4) is 0 Å². The van der Waals surface area contributed by atoms with Crippen LogP contribution < -0.4 is 10.1 Å². The molecule has 2 rings (SSSR count). The van der Waals surface area contributed by atoms with E-state index >= 15 is 0 Å². The number of carbonyl (C=O) groups excluding carboxylic acids is 1. The van der Waals surface area contributed by atoms with E-state index in [9.17, 15) is 4.79 Å². The fourth-order valence-electron chi connectivity index (χ4n) is 1.27. The Morgan fingerprint density at radius 1 is 1.22 bits per heavy atom. The Morgan fingerprint density at radius 3 is 2.61 bits per heavy atom. The van der Waals surface area contributed by atoms with Gasteiger partial charge in [0.2, 0.25) is 11.8 Å².